The lowest BCUT2D eigenvalue weighted by molar-refractivity contribution is -0.119. The average molecular weight is 601 g/mol. The predicted octanol–water partition coefficient (Wildman–Crippen LogP) is 4.86. The Kier molecular flexibility index (Phi) is 8.07. The number of aromatic nitrogens is 1. The Morgan fingerprint density at radius 3 is 2.42 bits per heavy atom. The molecule has 0 bridgehead atoms. The van der Waals surface area contributed by atoms with Crippen LogP contribution < -0.4 is 9.80 Å². The number of amides is 2. The van der Waals surface area contributed by atoms with Crippen molar-refractivity contribution in [2.75, 3.05) is 69.8 Å². The van der Waals surface area contributed by atoms with Gasteiger partial charge in [0.15, 0.2) is 5.88 Å². The van der Waals surface area contributed by atoms with E-state index in [2.05, 4.69) is 21.8 Å². The first-order valence-electron chi connectivity index (χ1n) is 14.2. The molecule has 11 heteroatoms. The van der Waals surface area contributed by atoms with Crippen molar-refractivity contribution in [3.8, 4) is 5.88 Å². The molecule has 0 unspecified atom stereocenters. The minimum absolute atomic E-state index is 0.0332. The third kappa shape index (κ3) is 6.08. The van der Waals surface area contributed by atoms with E-state index in [9.17, 15) is 14.7 Å². The molecule has 0 aliphatic carbocycles. The van der Waals surface area contributed by atoms with Crippen LogP contribution in [0.4, 0.5) is 21.9 Å². The first-order chi connectivity index (χ1) is 20.8. The minimum Gasteiger partial charge on any atom is -0.494 e. The van der Waals surface area contributed by atoms with Gasteiger partial charge in [-0.2, -0.15) is 0 Å². The van der Waals surface area contributed by atoms with Crippen molar-refractivity contribution in [1.29, 1.82) is 0 Å². The number of benzene rings is 3. The van der Waals surface area contributed by atoms with Gasteiger partial charge in [0.1, 0.15) is 6.61 Å². The van der Waals surface area contributed by atoms with Gasteiger partial charge in [0.25, 0.3) is 0 Å². The maximum atomic E-state index is 13.0. The second-order valence-electron chi connectivity index (χ2n) is 10.9. The lowest BCUT2D eigenvalue weighted by atomic mass is 10.00. The van der Waals surface area contributed by atoms with Gasteiger partial charge in [0.05, 0.1) is 35.6 Å². The van der Waals surface area contributed by atoms with Gasteiger partial charge in [0, 0.05) is 60.6 Å². The molecule has 2 saturated heterocycles. The van der Waals surface area contributed by atoms with Crippen molar-refractivity contribution >= 4 is 57.3 Å². The van der Waals surface area contributed by atoms with Gasteiger partial charge in [-0.05, 0) is 55.6 Å². The zero-order chi connectivity index (χ0) is 30.1. The van der Waals surface area contributed by atoms with Gasteiger partial charge in [0.2, 0.25) is 5.91 Å². The average Bonchev–Trinajstić information content (AvgIpc) is 3.58. The maximum absolute atomic E-state index is 13.0. The SMILES string of the molecule is CN1CCN(CC(=O)N(C)c2ccc(N=C(c3ccc(N4CCOC4=O)cc3)c3c(O)[nH]c4cc(Cl)ccc34)cc2)CC1. The first kappa shape index (κ1) is 28.7. The molecule has 0 atom stereocenters. The second kappa shape index (κ2) is 12.1. The van der Waals surface area contributed by atoms with Crippen molar-refractivity contribution in [3.63, 3.8) is 0 Å². The van der Waals surface area contributed by atoms with Crippen molar-refractivity contribution in [2.45, 2.75) is 0 Å². The number of ether oxygens (including phenoxy) is 1. The van der Waals surface area contributed by atoms with Crippen LogP contribution in [0.2, 0.25) is 5.02 Å². The Labute approximate surface area is 254 Å². The summed E-state index contributed by atoms with van der Waals surface area (Å²) in [5, 5.41) is 12.3. The molecule has 2 N–H and O–H groups in total. The summed E-state index contributed by atoms with van der Waals surface area (Å²) in [6.45, 7) is 4.89. The van der Waals surface area contributed by atoms with E-state index in [1.807, 2.05) is 54.6 Å². The smallest absolute Gasteiger partial charge is 0.414 e. The number of fused-ring (bicyclic) bond motifs is 1. The first-order valence-corrected chi connectivity index (χ1v) is 14.6. The third-order valence-electron chi connectivity index (χ3n) is 8.00. The molecule has 43 heavy (non-hydrogen) atoms. The molecule has 222 valence electrons. The number of nitrogens with zero attached hydrogens (tertiary/aromatic N) is 5. The van der Waals surface area contributed by atoms with Gasteiger partial charge >= 0.3 is 6.09 Å². The second-order valence-corrected chi connectivity index (χ2v) is 11.3. The van der Waals surface area contributed by atoms with Gasteiger partial charge in [-0.1, -0.05) is 29.8 Å². The fraction of sp³-hybridized carbons (Fsp3) is 0.281. The number of rotatable bonds is 7. The molecular weight excluding hydrogens is 568 g/mol. The van der Waals surface area contributed by atoms with E-state index in [-0.39, 0.29) is 17.9 Å². The van der Waals surface area contributed by atoms with Crippen LogP contribution in [0, 0.1) is 0 Å². The molecule has 4 aromatic rings. The molecule has 2 aliphatic rings. The largest absolute Gasteiger partial charge is 0.494 e. The molecule has 10 nitrogen and oxygen atoms in total. The fourth-order valence-corrected chi connectivity index (χ4v) is 5.59. The highest BCUT2D eigenvalue weighted by Gasteiger charge is 2.25. The van der Waals surface area contributed by atoms with Gasteiger partial charge in [-0.25, -0.2) is 9.79 Å². The van der Waals surface area contributed by atoms with Crippen molar-refractivity contribution < 1.29 is 19.4 Å². The van der Waals surface area contributed by atoms with Crippen LogP contribution in [0.15, 0.2) is 71.7 Å². The zero-order valence-electron chi connectivity index (χ0n) is 24.1. The Bertz CT molecular complexity index is 1680. The summed E-state index contributed by atoms with van der Waals surface area (Å²) >= 11 is 6.21. The third-order valence-corrected chi connectivity index (χ3v) is 8.23. The number of hydrogen-bond acceptors (Lipinski definition) is 7. The maximum Gasteiger partial charge on any atom is 0.414 e. The number of likely N-dealkylation sites (N-methyl/N-ethyl adjacent to an activating group) is 2. The number of aromatic hydroxyl groups is 1. The molecule has 2 aliphatic heterocycles. The highest BCUT2D eigenvalue weighted by molar-refractivity contribution is 6.31. The van der Waals surface area contributed by atoms with Crippen molar-refractivity contribution in [2.24, 2.45) is 4.99 Å². The van der Waals surface area contributed by atoms with Crippen molar-refractivity contribution in [1.82, 2.24) is 14.8 Å². The summed E-state index contributed by atoms with van der Waals surface area (Å²) in [5.41, 5.74) is 4.62. The molecule has 0 saturated carbocycles. The molecule has 3 aromatic carbocycles. The number of nitrogens with one attached hydrogen (secondary N) is 1. The van der Waals surface area contributed by atoms with Crippen molar-refractivity contribution in [3.05, 3.63) is 82.9 Å². The molecule has 0 radical (unpaired) electrons. The number of cyclic esters (lactones) is 1. The van der Waals surface area contributed by atoms with Crippen LogP contribution in [0.1, 0.15) is 11.1 Å². The summed E-state index contributed by atoms with van der Waals surface area (Å²) in [6, 6.07) is 20.2. The summed E-state index contributed by atoms with van der Waals surface area (Å²) in [4.78, 5) is 40.7. The standard InChI is InChI=1S/C32H33ClN6O4/c1-36-13-15-38(16-14-36)20-28(40)37(2)24-10-6-23(7-11-24)34-30(29-26-12-5-22(33)19-27(26)35-31(29)41)21-3-8-25(9-4-21)39-17-18-43-32(39)42/h3-12,19,35,41H,13-18,20H2,1-2H3. The topological polar surface area (TPSA) is 105 Å². The number of aromatic amines is 1. The number of H-pyrrole nitrogens is 1. The molecule has 6 rings (SSSR count). The fourth-order valence-electron chi connectivity index (χ4n) is 5.41. The quantitative estimate of drug-likeness (QED) is 0.294. The normalized spacial score (nSPS) is 16.6. The number of carbonyl (C=O) groups excluding carboxylic acids is 2. The monoisotopic (exact) mass is 600 g/mol. The van der Waals surface area contributed by atoms with Crippen LogP contribution in [-0.2, 0) is 9.53 Å². The Hall–Kier alpha value is -4.38. The number of carbonyl (C=O) groups is 2. The molecule has 1 aromatic heterocycles. The lowest BCUT2D eigenvalue weighted by Gasteiger charge is -2.32. The molecular formula is C32H33ClN6O4. The lowest BCUT2D eigenvalue weighted by Crippen LogP contribution is -2.48. The van der Waals surface area contributed by atoms with E-state index >= 15 is 0 Å². The Balaban J connectivity index is 1.31. The zero-order valence-corrected chi connectivity index (χ0v) is 24.8. The van der Waals surface area contributed by atoms with Crippen LogP contribution >= 0.6 is 11.6 Å². The summed E-state index contributed by atoms with van der Waals surface area (Å²) in [7, 11) is 3.88. The summed E-state index contributed by atoms with van der Waals surface area (Å²) in [5.74, 6) is -0.0000803. The highest BCUT2D eigenvalue weighted by Crippen LogP contribution is 2.34. The van der Waals surface area contributed by atoms with Gasteiger partial charge in [-0.3, -0.25) is 14.6 Å². The van der Waals surface area contributed by atoms with Crippen LogP contribution in [0.25, 0.3) is 10.9 Å². The molecule has 2 fully saturated rings. The number of anilines is 2. The number of aliphatic imine (C=N–C) groups is 1. The van der Waals surface area contributed by atoms with E-state index in [1.165, 1.54) is 0 Å². The van der Waals surface area contributed by atoms with Gasteiger partial charge < -0.3 is 24.6 Å². The Morgan fingerprint density at radius 1 is 1.02 bits per heavy atom. The van der Waals surface area contributed by atoms with E-state index in [0.717, 1.165) is 42.8 Å². The summed E-state index contributed by atoms with van der Waals surface area (Å²) in [6.07, 6.45) is -0.375. The van der Waals surface area contributed by atoms with E-state index in [4.69, 9.17) is 21.3 Å². The van der Waals surface area contributed by atoms with Crippen LogP contribution in [0.3, 0.4) is 0 Å². The van der Waals surface area contributed by atoms with E-state index in [1.54, 1.807) is 29.0 Å². The molecule has 2 amide bonds. The van der Waals surface area contributed by atoms with Crippen LogP contribution in [-0.4, -0.2) is 97.6 Å². The highest BCUT2D eigenvalue weighted by atomic mass is 35.5. The van der Waals surface area contributed by atoms with Gasteiger partial charge in [-0.15, -0.1) is 0 Å². The molecule has 3 heterocycles. The number of piperazine rings is 1. The molecule has 0 spiro atoms. The van der Waals surface area contributed by atoms with E-state index < -0.39 is 0 Å². The van der Waals surface area contributed by atoms with Crippen LogP contribution in [0.5, 0.6) is 5.88 Å². The van der Waals surface area contributed by atoms with E-state index in [0.29, 0.717) is 52.9 Å². The number of hydrogen-bond donors (Lipinski definition) is 2. The minimum atomic E-state index is -0.375. The number of halogens is 1. The summed E-state index contributed by atoms with van der Waals surface area (Å²) < 4.78 is 5.08. The Morgan fingerprint density at radius 2 is 1.74 bits per heavy atom. The predicted molar refractivity (Wildman–Crippen MR) is 169 cm³/mol.